The predicted octanol–water partition coefficient (Wildman–Crippen LogP) is 8.14. The van der Waals surface area contributed by atoms with Gasteiger partial charge in [0.05, 0.1) is 11.0 Å². The Morgan fingerprint density at radius 3 is 2.17 bits per heavy atom. The SMILES string of the molecule is CC1(C)c2ccccc2-c2ccc(N(c3ccc4c(c3)c3ccccc3n4-c3ncncn3)c3ccccn3)cc21. The van der Waals surface area contributed by atoms with Gasteiger partial charge in [0.1, 0.15) is 18.5 Å². The standard InChI is InChI=1S/C35H26N6/c1-35(2)29-11-5-3-9-25(29)26-16-14-24(20-30(26)35)40(33-13-7-8-18-37-33)23-15-17-32-28(19-23)27-10-4-6-12-31(27)41(32)34-38-21-36-22-39-34/h3-22H,1-2H3. The zero-order chi connectivity index (χ0) is 27.6. The van der Waals surface area contributed by atoms with E-state index in [-0.39, 0.29) is 5.41 Å². The molecule has 8 rings (SSSR count). The zero-order valence-corrected chi connectivity index (χ0v) is 22.7. The van der Waals surface area contributed by atoms with E-state index in [4.69, 9.17) is 4.98 Å². The van der Waals surface area contributed by atoms with Gasteiger partial charge in [-0.2, -0.15) is 0 Å². The zero-order valence-electron chi connectivity index (χ0n) is 22.7. The molecule has 7 aromatic rings. The normalized spacial score (nSPS) is 13.3. The maximum Gasteiger partial charge on any atom is 0.237 e. The summed E-state index contributed by atoms with van der Waals surface area (Å²) in [6, 6.07) is 36.5. The third-order valence-corrected chi connectivity index (χ3v) is 8.30. The number of anilines is 3. The van der Waals surface area contributed by atoms with E-state index >= 15 is 0 Å². The topological polar surface area (TPSA) is 59.7 Å². The largest absolute Gasteiger partial charge is 0.295 e. The molecule has 0 atom stereocenters. The lowest BCUT2D eigenvalue weighted by molar-refractivity contribution is 0.660. The van der Waals surface area contributed by atoms with Crippen molar-refractivity contribution < 1.29 is 0 Å². The first kappa shape index (κ1) is 23.5. The van der Waals surface area contributed by atoms with E-state index < -0.39 is 0 Å². The summed E-state index contributed by atoms with van der Waals surface area (Å²) in [5.41, 5.74) is 9.39. The van der Waals surface area contributed by atoms with Crippen LogP contribution < -0.4 is 4.90 Å². The van der Waals surface area contributed by atoms with Gasteiger partial charge in [-0.3, -0.25) is 9.47 Å². The van der Waals surface area contributed by atoms with E-state index in [0.717, 1.165) is 39.0 Å². The van der Waals surface area contributed by atoms with E-state index in [1.165, 1.54) is 34.9 Å². The quantitative estimate of drug-likeness (QED) is 0.230. The smallest absolute Gasteiger partial charge is 0.237 e. The van der Waals surface area contributed by atoms with Crippen LogP contribution in [0.5, 0.6) is 0 Å². The fraction of sp³-hybridized carbons (Fsp3) is 0.0857. The monoisotopic (exact) mass is 530 g/mol. The van der Waals surface area contributed by atoms with Gasteiger partial charge in [-0.25, -0.2) is 19.9 Å². The number of para-hydroxylation sites is 1. The van der Waals surface area contributed by atoms with Crippen LogP contribution in [0.4, 0.5) is 17.2 Å². The number of nitrogens with zero attached hydrogens (tertiary/aromatic N) is 6. The summed E-state index contributed by atoms with van der Waals surface area (Å²) in [5.74, 6) is 1.46. The molecule has 6 heteroatoms. The molecule has 0 radical (unpaired) electrons. The molecule has 196 valence electrons. The fourth-order valence-electron chi connectivity index (χ4n) is 6.40. The lowest BCUT2D eigenvalue weighted by Gasteiger charge is -2.27. The van der Waals surface area contributed by atoms with Crippen LogP contribution in [0, 0.1) is 0 Å². The Kier molecular flexibility index (Phi) is 5.06. The summed E-state index contributed by atoms with van der Waals surface area (Å²) in [6.45, 7) is 4.63. The highest BCUT2D eigenvalue weighted by Gasteiger charge is 2.35. The average Bonchev–Trinajstić information content (AvgIpc) is 3.47. The van der Waals surface area contributed by atoms with E-state index in [9.17, 15) is 0 Å². The van der Waals surface area contributed by atoms with Gasteiger partial charge in [0.2, 0.25) is 5.95 Å². The van der Waals surface area contributed by atoms with Gasteiger partial charge < -0.3 is 0 Å². The predicted molar refractivity (Wildman–Crippen MR) is 164 cm³/mol. The molecule has 0 saturated carbocycles. The summed E-state index contributed by atoms with van der Waals surface area (Å²) in [7, 11) is 0. The van der Waals surface area contributed by atoms with Crippen molar-refractivity contribution in [2.45, 2.75) is 19.3 Å². The van der Waals surface area contributed by atoms with E-state index in [1.807, 2.05) is 24.4 Å². The molecule has 1 aliphatic carbocycles. The highest BCUT2D eigenvalue weighted by atomic mass is 15.2. The van der Waals surface area contributed by atoms with Crippen LogP contribution in [0.3, 0.4) is 0 Å². The molecule has 0 amide bonds. The first-order chi connectivity index (χ1) is 20.1. The Morgan fingerprint density at radius 1 is 0.610 bits per heavy atom. The number of pyridine rings is 1. The maximum atomic E-state index is 4.79. The number of fused-ring (bicyclic) bond motifs is 6. The van der Waals surface area contributed by atoms with Crippen molar-refractivity contribution in [2.75, 3.05) is 4.90 Å². The highest BCUT2D eigenvalue weighted by molar-refractivity contribution is 6.10. The summed E-state index contributed by atoms with van der Waals surface area (Å²) in [5, 5.41) is 2.25. The van der Waals surface area contributed by atoms with Gasteiger partial charge >= 0.3 is 0 Å². The van der Waals surface area contributed by atoms with Crippen LogP contribution in [0.15, 0.2) is 122 Å². The summed E-state index contributed by atoms with van der Waals surface area (Å²) >= 11 is 0. The second-order valence-corrected chi connectivity index (χ2v) is 10.9. The van der Waals surface area contributed by atoms with Crippen LogP contribution in [-0.4, -0.2) is 24.5 Å². The van der Waals surface area contributed by atoms with Crippen molar-refractivity contribution in [1.29, 1.82) is 0 Å². The molecule has 6 nitrogen and oxygen atoms in total. The minimum absolute atomic E-state index is 0.0976. The lowest BCUT2D eigenvalue weighted by atomic mass is 9.82. The molecule has 3 aromatic heterocycles. The Balaban J connectivity index is 1.35. The Hall–Kier alpha value is -5.36. The lowest BCUT2D eigenvalue weighted by Crippen LogP contribution is -2.17. The number of aromatic nitrogens is 5. The van der Waals surface area contributed by atoms with Gasteiger partial charge in [-0.1, -0.05) is 68.4 Å². The minimum atomic E-state index is -0.0976. The fourth-order valence-corrected chi connectivity index (χ4v) is 6.40. The molecule has 0 unspecified atom stereocenters. The molecule has 0 aliphatic heterocycles. The van der Waals surface area contributed by atoms with Crippen molar-refractivity contribution >= 4 is 39.0 Å². The van der Waals surface area contributed by atoms with Crippen molar-refractivity contribution in [2.24, 2.45) is 0 Å². The first-order valence-electron chi connectivity index (χ1n) is 13.7. The van der Waals surface area contributed by atoms with Crippen LogP contribution in [0.25, 0.3) is 38.9 Å². The van der Waals surface area contributed by atoms with Gasteiger partial charge in [-0.05, 0) is 70.8 Å². The first-order valence-corrected chi connectivity index (χ1v) is 13.7. The maximum absolute atomic E-state index is 4.79. The Morgan fingerprint density at radius 2 is 1.32 bits per heavy atom. The van der Waals surface area contributed by atoms with Crippen LogP contribution >= 0.6 is 0 Å². The highest BCUT2D eigenvalue weighted by Crippen LogP contribution is 2.50. The van der Waals surface area contributed by atoms with Crippen molar-refractivity contribution in [3.63, 3.8) is 0 Å². The van der Waals surface area contributed by atoms with E-state index in [0.29, 0.717) is 5.95 Å². The number of hydrogen-bond acceptors (Lipinski definition) is 5. The van der Waals surface area contributed by atoms with Crippen molar-refractivity contribution in [1.82, 2.24) is 24.5 Å². The molecule has 0 bridgehead atoms. The molecule has 0 fully saturated rings. The number of rotatable bonds is 4. The van der Waals surface area contributed by atoms with E-state index in [2.05, 4.69) is 123 Å². The summed E-state index contributed by atoms with van der Waals surface area (Å²) in [6.07, 6.45) is 4.92. The van der Waals surface area contributed by atoms with E-state index in [1.54, 1.807) is 0 Å². The molecule has 0 N–H and O–H groups in total. The summed E-state index contributed by atoms with van der Waals surface area (Å²) < 4.78 is 2.09. The third-order valence-electron chi connectivity index (χ3n) is 8.30. The molecule has 1 aliphatic rings. The summed E-state index contributed by atoms with van der Waals surface area (Å²) in [4.78, 5) is 20.0. The average molecular weight is 531 g/mol. The van der Waals surface area contributed by atoms with Gasteiger partial charge in [-0.15, -0.1) is 0 Å². The Bertz CT molecular complexity index is 2080. The molecular formula is C35H26N6. The molecule has 3 heterocycles. The van der Waals surface area contributed by atoms with Crippen LogP contribution in [0.1, 0.15) is 25.0 Å². The molecule has 41 heavy (non-hydrogen) atoms. The third kappa shape index (κ3) is 3.50. The van der Waals surface area contributed by atoms with Gasteiger partial charge in [0.15, 0.2) is 0 Å². The van der Waals surface area contributed by atoms with Gasteiger partial charge in [0, 0.05) is 33.8 Å². The minimum Gasteiger partial charge on any atom is -0.295 e. The second kappa shape index (κ2) is 8.83. The number of benzene rings is 4. The second-order valence-electron chi connectivity index (χ2n) is 10.9. The van der Waals surface area contributed by atoms with Crippen LogP contribution in [-0.2, 0) is 5.41 Å². The Labute approximate surface area is 237 Å². The van der Waals surface area contributed by atoms with Gasteiger partial charge in [0.25, 0.3) is 0 Å². The molecule has 0 spiro atoms. The molecule has 4 aromatic carbocycles. The van der Waals surface area contributed by atoms with Crippen LogP contribution in [0.2, 0.25) is 0 Å². The molecule has 0 saturated heterocycles. The van der Waals surface area contributed by atoms with Crippen molar-refractivity contribution in [3.8, 4) is 17.1 Å². The molecular weight excluding hydrogens is 504 g/mol. The van der Waals surface area contributed by atoms with Crippen molar-refractivity contribution in [3.05, 3.63) is 133 Å². The number of hydrogen-bond donors (Lipinski definition) is 0.